The number of aliphatic hydroxyl groups is 1. The summed E-state index contributed by atoms with van der Waals surface area (Å²) in [4.78, 5) is 16.0. The van der Waals surface area contributed by atoms with E-state index < -0.39 is 6.10 Å². The molecule has 0 saturated heterocycles. The molecule has 0 aliphatic rings. The molecule has 0 fully saturated rings. The second kappa shape index (κ2) is 6.87. The summed E-state index contributed by atoms with van der Waals surface area (Å²) < 4.78 is 5.04. The lowest BCUT2D eigenvalue weighted by atomic mass is 10.0. The van der Waals surface area contributed by atoms with E-state index in [0.717, 1.165) is 0 Å². The minimum Gasteiger partial charge on any atom is -0.497 e. The largest absolute Gasteiger partial charge is 0.497 e. The molecule has 1 N–H and O–H groups in total. The van der Waals surface area contributed by atoms with Gasteiger partial charge in [-0.3, -0.25) is 9.78 Å². The molecule has 0 amide bonds. The van der Waals surface area contributed by atoms with Crippen LogP contribution in [0.1, 0.15) is 22.0 Å². The van der Waals surface area contributed by atoms with Crippen LogP contribution >= 0.6 is 12.4 Å². The molecule has 1 heterocycles. The number of pyridine rings is 1. The van der Waals surface area contributed by atoms with Crippen molar-refractivity contribution in [3.63, 3.8) is 0 Å². The molecule has 0 spiro atoms. The number of ketones is 1. The standard InChI is InChI=1S/C14H13NO3.ClH/c1-18-12-6-2-4-10(8-12)13(16)14(17)11-5-3-7-15-9-11;/h2-9,14,17H,1H3;1H. The molecule has 4 nitrogen and oxygen atoms in total. The summed E-state index contributed by atoms with van der Waals surface area (Å²) in [6.45, 7) is 0. The van der Waals surface area contributed by atoms with Crippen molar-refractivity contribution in [3.8, 4) is 5.75 Å². The first-order chi connectivity index (χ1) is 8.72. The Bertz CT molecular complexity index is 545. The molecule has 0 aliphatic heterocycles. The van der Waals surface area contributed by atoms with Crippen LogP contribution in [0.15, 0.2) is 48.8 Å². The zero-order chi connectivity index (χ0) is 13.0. The highest BCUT2D eigenvalue weighted by atomic mass is 35.5. The second-order valence-corrected chi connectivity index (χ2v) is 3.79. The normalized spacial score (nSPS) is 11.3. The number of rotatable bonds is 4. The lowest BCUT2D eigenvalue weighted by molar-refractivity contribution is 0.0746. The van der Waals surface area contributed by atoms with E-state index in [4.69, 9.17) is 4.74 Å². The number of halogens is 1. The number of aromatic nitrogens is 1. The van der Waals surface area contributed by atoms with E-state index in [0.29, 0.717) is 16.9 Å². The zero-order valence-electron chi connectivity index (χ0n) is 10.3. The molecule has 1 atom stereocenters. The van der Waals surface area contributed by atoms with Crippen molar-refractivity contribution in [3.05, 3.63) is 59.9 Å². The van der Waals surface area contributed by atoms with Crippen LogP contribution in [-0.2, 0) is 0 Å². The van der Waals surface area contributed by atoms with E-state index in [-0.39, 0.29) is 18.2 Å². The molecule has 0 aliphatic carbocycles. The molecule has 1 unspecified atom stereocenters. The fraction of sp³-hybridized carbons (Fsp3) is 0.143. The van der Waals surface area contributed by atoms with Crippen LogP contribution in [0.4, 0.5) is 0 Å². The molecule has 2 aromatic rings. The average Bonchev–Trinajstić information content (AvgIpc) is 2.46. The van der Waals surface area contributed by atoms with Gasteiger partial charge in [0.15, 0.2) is 5.78 Å². The maximum atomic E-state index is 12.1. The molecule has 1 aromatic carbocycles. The molecule has 0 bridgehead atoms. The van der Waals surface area contributed by atoms with Crippen molar-refractivity contribution < 1.29 is 14.6 Å². The Morgan fingerprint density at radius 3 is 2.74 bits per heavy atom. The number of aliphatic hydroxyl groups excluding tert-OH is 1. The van der Waals surface area contributed by atoms with Gasteiger partial charge in [-0.05, 0) is 18.2 Å². The van der Waals surface area contributed by atoms with Gasteiger partial charge < -0.3 is 9.84 Å². The number of ether oxygens (including phenoxy) is 1. The second-order valence-electron chi connectivity index (χ2n) is 3.79. The predicted molar refractivity (Wildman–Crippen MR) is 73.8 cm³/mol. The minimum atomic E-state index is -1.20. The highest BCUT2D eigenvalue weighted by Crippen LogP contribution is 2.20. The molecule has 0 radical (unpaired) electrons. The number of methoxy groups -OCH3 is 1. The lowest BCUT2D eigenvalue weighted by Gasteiger charge is -2.10. The first kappa shape index (κ1) is 15.1. The van der Waals surface area contributed by atoms with Gasteiger partial charge in [0.25, 0.3) is 0 Å². The van der Waals surface area contributed by atoms with Gasteiger partial charge in [-0.15, -0.1) is 12.4 Å². The van der Waals surface area contributed by atoms with Crippen molar-refractivity contribution in [2.75, 3.05) is 7.11 Å². The third-order valence-corrected chi connectivity index (χ3v) is 2.60. The van der Waals surface area contributed by atoms with Crippen LogP contribution in [0, 0.1) is 0 Å². The van der Waals surface area contributed by atoms with Crippen LogP contribution < -0.4 is 4.74 Å². The summed E-state index contributed by atoms with van der Waals surface area (Å²) >= 11 is 0. The first-order valence-corrected chi connectivity index (χ1v) is 5.48. The SMILES string of the molecule is COc1cccc(C(=O)C(O)c2cccnc2)c1.Cl. The molecule has 100 valence electrons. The highest BCUT2D eigenvalue weighted by molar-refractivity contribution is 6.00. The van der Waals surface area contributed by atoms with Crippen molar-refractivity contribution in [1.29, 1.82) is 0 Å². The molecule has 19 heavy (non-hydrogen) atoms. The van der Waals surface area contributed by atoms with Gasteiger partial charge in [0.1, 0.15) is 11.9 Å². The van der Waals surface area contributed by atoms with Crippen LogP contribution in [0.5, 0.6) is 5.75 Å². The van der Waals surface area contributed by atoms with Crippen LogP contribution in [0.25, 0.3) is 0 Å². The van der Waals surface area contributed by atoms with E-state index >= 15 is 0 Å². The van der Waals surface area contributed by atoms with Gasteiger partial charge in [-0.25, -0.2) is 0 Å². The van der Waals surface area contributed by atoms with E-state index in [1.54, 1.807) is 42.6 Å². The number of hydrogen-bond donors (Lipinski definition) is 1. The van der Waals surface area contributed by atoms with Crippen molar-refractivity contribution in [2.24, 2.45) is 0 Å². The number of Topliss-reactive ketones (excluding diaryl/α,β-unsaturated/α-hetero) is 1. The molecule has 0 saturated carbocycles. The number of benzene rings is 1. The average molecular weight is 280 g/mol. The molecule has 1 aromatic heterocycles. The van der Waals surface area contributed by atoms with Crippen LogP contribution in [0.2, 0.25) is 0 Å². The highest BCUT2D eigenvalue weighted by Gasteiger charge is 2.19. The van der Waals surface area contributed by atoms with Crippen LogP contribution in [-0.4, -0.2) is 23.0 Å². The maximum absolute atomic E-state index is 12.1. The Hall–Kier alpha value is -1.91. The Labute approximate surface area is 117 Å². The number of carbonyl (C=O) groups is 1. The summed E-state index contributed by atoms with van der Waals surface area (Å²) in [6.07, 6.45) is 1.86. The van der Waals surface area contributed by atoms with Crippen molar-refractivity contribution in [1.82, 2.24) is 4.98 Å². The molecule has 5 heteroatoms. The minimum absolute atomic E-state index is 0. The molecule has 2 rings (SSSR count). The number of nitrogens with zero attached hydrogens (tertiary/aromatic N) is 1. The van der Waals surface area contributed by atoms with Gasteiger partial charge in [0.05, 0.1) is 7.11 Å². The topological polar surface area (TPSA) is 59.4 Å². The quantitative estimate of drug-likeness (QED) is 0.873. The van der Waals surface area contributed by atoms with E-state index in [2.05, 4.69) is 4.98 Å². The predicted octanol–water partition coefficient (Wildman–Crippen LogP) is 2.43. The number of carbonyl (C=O) groups excluding carboxylic acids is 1. The van der Waals surface area contributed by atoms with E-state index in [1.165, 1.54) is 13.3 Å². The maximum Gasteiger partial charge on any atom is 0.196 e. The fourth-order valence-corrected chi connectivity index (χ4v) is 1.62. The molecular weight excluding hydrogens is 266 g/mol. The van der Waals surface area contributed by atoms with Gasteiger partial charge in [0, 0.05) is 23.5 Å². The van der Waals surface area contributed by atoms with E-state index in [9.17, 15) is 9.90 Å². The smallest absolute Gasteiger partial charge is 0.196 e. The summed E-state index contributed by atoms with van der Waals surface area (Å²) in [5, 5.41) is 9.98. The third kappa shape index (κ3) is 3.53. The zero-order valence-corrected chi connectivity index (χ0v) is 11.1. The monoisotopic (exact) mass is 279 g/mol. The Kier molecular flexibility index (Phi) is 5.48. The van der Waals surface area contributed by atoms with Gasteiger partial charge >= 0.3 is 0 Å². The Balaban J connectivity index is 0.00000180. The molecular formula is C14H14ClNO3. The third-order valence-electron chi connectivity index (χ3n) is 2.60. The van der Waals surface area contributed by atoms with Gasteiger partial charge in [-0.2, -0.15) is 0 Å². The first-order valence-electron chi connectivity index (χ1n) is 5.48. The summed E-state index contributed by atoms with van der Waals surface area (Å²) in [5.41, 5.74) is 0.885. The van der Waals surface area contributed by atoms with Crippen LogP contribution in [0.3, 0.4) is 0 Å². The summed E-state index contributed by atoms with van der Waals surface area (Å²) in [5.74, 6) is 0.209. The fourth-order valence-electron chi connectivity index (χ4n) is 1.62. The number of hydrogen-bond acceptors (Lipinski definition) is 4. The van der Waals surface area contributed by atoms with Gasteiger partial charge in [-0.1, -0.05) is 18.2 Å². The Morgan fingerprint density at radius 1 is 1.32 bits per heavy atom. The Morgan fingerprint density at radius 2 is 2.11 bits per heavy atom. The van der Waals surface area contributed by atoms with Crippen molar-refractivity contribution >= 4 is 18.2 Å². The van der Waals surface area contributed by atoms with Gasteiger partial charge in [0.2, 0.25) is 0 Å². The summed E-state index contributed by atoms with van der Waals surface area (Å²) in [6, 6.07) is 10.0. The summed E-state index contributed by atoms with van der Waals surface area (Å²) in [7, 11) is 1.53. The van der Waals surface area contributed by atoms with E-state index in [1.807, 2.05) is 0 Å². The lowest BCUT2D eigenvalue weighted by Crippen LogP contribution is -2.12. The van der Waals surface area contributed by atoms with Crippen molar-refractivity contribution in [2.45, 2.75) is 6.10 Å².